The number of aromatic hydroxyl groups is 1. The third-order valence-electron chi connectivity index (χ3n) is 3.25. The highest BCUT2D eigenvalue weighted by Crippen LogP contribution is 2.42. The van der Waals surface area contributed by atoms with Gasteiger partial charge in [-0.25, -0.2) is 0 Å². The second-order valence-corrected chi connectivity index (χ2v) is 4.76. The maximum atomic E-state index is 11.1. The van der Waals surface area contributed by atoms with Crippen molar-refractivity contribution >= 4 is 33.7 Å². The smallest absolute Gasteiger partial charge is 0.300 e. The lowest BCUT2D eigenvalue weighted by Gasteiger charge is -1.96. The van der Waals surface area contributed by atoms with Crippen molar-refractivity contribution in [3.8, 4) is 5.88 Å². The van der Waals surface area contributed by atoms with Crippen molar-refractivity contribution in [1.82, 2.24) is 4.98 Å². The standard InChI is InChI=1S/C14H9N5O5/c20-14-13(17-16-8-4-2-1-3-5-8)10-6-9(18(21)22)7-11(19(23)24)12(10)15-14/h1-7,15,20H. The number of H-pyrrole nitrogens is 1. The maximum absolute atomic E-state index is 11.1. The zero-order valence-electron chi connectivity index (χ0n) is 11.9. The molecule has 2 N–H and O–H groups in total. The van der Waals surface area contributed by atoms with E-state index in [0.717, 1.165) is 12.1 Å². The molecular formula is C14H9N5O5. The number of hydrogen-bond acceptors (Lipinski definition) is 7. The quantitative estimate of drug-likeness (QED) is 0.420. The summed E-state index contributed by atoms with van der Waals surface area (Å²) in [6, 6.07) is 10.5. The van der Waals surface area contributed by atoms with E-state index in [0.29, 0.717) is 5.69 Å². The van der Waals surface area contributed by atoms with Gasteiger partial charge in [-0.1, -0.05) is 18.2 Å². The van der Waals surface area contributed by atoms with E-state index in [1.54, 1.807) is 30.3 Å². The summed E-state index contributed by atoms with van der Waals surface area (Å²) in [6.45, 7) is 0. The van der Waals surface area contributed by atoms with Gasteiger partial charge < -0.3 is 10.1 Å². The minimum Gasteiger partial charge on any atom is -0.493 e. The van der Waals surface area contributed by atoms with Crippen LogP contribution in [0.25, 0.3) is 10.9 Å². The van der Waals surface area contributed by atoms with Gasteiger partial charge in [0.2, 0.25) is 5.88 Å². The third kappa shape index (κ3) is 2.63. The number of aromatic nitrogens is 1. The molecule has 0 aliphatic rings. The summed E-state index contributed by atoms with van der Waals surface area (Å²) in [7, 11) is 0. The summed E-state index contributed by atoms with van der Waals surface area (Å²) in [4.78, 5) is 23.0. The molecule has 1 aromatic heterocycles. The first kappa shape index (κ1) is 15.1. The molecule has 0 spiro atoms. The zero-order valence-corrected chi connectivity index (χ0v) is 11.9. The highest BCUT2D eigenvalue weighted by molar-refractivity contribution is 6.00. The van der Waals surface area contributed by atoms with Gasteiger partial charge in [0, 0.05) is 11.5 Å². The van der Waals surface area contributed by atoms with E-state index in [1.807, 2.05) is 0 Å². The third-order valence-corrected chi connectivity index (χ3v) is 3.25. The van der Waals surface area contributed by atoms with Gasteiger partial charge in [-0.05, 0) is 12.1 Å². The molecule has 3 rings (SSSR count). The second-order valence-electron chi connectivity index (χ2n) is 4.76. The number of hydrogen-bond donors (Lipinski definition) is 2. The molecule has 120 valence electrons. The zero-order chi connectivity index (χ0) is 17.3. The Bertz CT molecular complexity index is 980. The molecular weight excluding hydrogens is 318 g/mol. The fraction of sp³-hybridized carbons (Fsp3) is 0. The minimum absolute atomic E-state index is 0.0353. The Labute approximate surface area is 133 Å². The van der Waals surface area contributed by atoms with Crippen LogP contribution in [0, 0.1) is 20.2 Å². The predicted octanol–water partition coefficient (Wildman–Crippen LogP) is 4.11. The molecule has 1 heterocycles. The van der Waals surface area contributed by atoms with E-state index in [-0.39, 0.29) is 16.6 Å². The Morgan fingerprint density at radius 2 is 1.71 bits per heavy atom. The fourth-order valence-electron chi connectivity index (χ4n) is 2.19. The summed E-state index contributed by atoms with van der Waals surface area (Å²) in [6.07, 6.45) is 0. The SMILES string of the molecule is O=[N+]([O-])c1cc([N+](=O)[O-])c2[nH]c(O)c(N=Nc3ccccc3)c2c1. The molecule has 0 bridgehead atoms. The van der Waals surface area contributed by atoms with Gasteiger partial charge in [0.15, 0.2) is 5.69 Å². The van der Waals surface area contributed by atoms with Crippen LogP contribution in [0.4, 0.5) is 22.7 Å². The van der Waals surface area contributed by atoms with Gasteiger partial charge in [-0.15, -0.1) is 5.11 Å². The molecule has 0 aliphatic carbocycles. The van der Waals surface area contributed by atoms with Crippen molar-refractivity contribution in [2.45, 2.75) is 0 Å². The van der Waals surface area contributed by atoms with Crippen LogP contribution in [0.5, 0.6) is 5.88 Å². The van der Waals surface area contributed by atoms with Crippen molar-refractivity contribution in [3.05, 3.63) is 62.7 Å². The lowest BCUT2D eigenvalue weighted by molar-refractivity contribution is -0.393. The number of azo groups is 1. The Kier molecular flexibility index (Phi) is 3.62. The highest BCUT2D eigenvalue weighted by atomic mass is 16.6. The number of aromatic amines is 1. The van der Waals surface area contributed by atoms with E-state index in [2.05, 4.69) is 15.2 Å². The van der Waals surface area contributed by atoms with Gasteiger partial charge in [0.25, 0.3) is 11.4 Å². The van der Waals surface area contributed by atoms with Crippen LogP contribution in [-0.2, 0) is 0 Å². The summed E-state index contributed by atoms with van der Waals surface area (Å²) < 4.78 is 0. The lowest BCUT2D eigenvalue weighted by Crippen LogP contribution is -1.93. The first-order valence-corrected chi connectivity index (χ1v) is 6.61. The van der Waals surface area contributed by atoms with Crippen LogP contribution in [0.2, 0.25) is 0 Å². The molecule has 0 atom stereocenters. The molecule has 2 aromatic carbocycles. The number of nitrogens with one attached hydrogen (secondary N) is 1. The number of nitro groups is 2. The molecule has 0 fully saturated rings. The first-order valence-electron chi connectivity index (χ1n) is 6.61. The Balaban J connectivity index is 2.21. The Hall–Kier alpha value is -3.82. The molecule has 0 aliphatic heterocycles. The van der Waals surface area contributed by atoms with E-state index in [1.165, 1.54) is 0 Å². The second kappa shape index (κ2) is 5.76. The van der Waals surface area contributed by atoms with Crippen LogP contribution >= 0.6 is 0 Å². The number of nitro benzene ring substituents is 2. The average molecular weight is 327 g/mol. The van der Waals surface area contributed by atoms with Crippen molar-refractivity contribution in [2.75, 3.05) is 0 Å². The molecule has 0 amide bonds. The van der Waals surface area contributed by atoms with Gasteiger partial charge in [0.1, 0.15) is 5.52 Å². The van der Waals surface area contributed by atoms with Crippen LogP contribution < -0.4 is 0 Å². The van der Waals surface area contributed by atoms with E-state index < -0.39 is 27.1 Å². The molecule has 10 heteroatoms. The predicted molar refractivity (Wildman–Crippen MR) is 83.9 cm³/mol. The summed E-state index contributed by atoms with van der Waals surface area (Å²) in [5.41, 5.74) is -0.697. The van der Waals surface area contributed by atoms with Crippen LogP contribution in [-0.4, -0.2) is 19.9 Å². The van der Waals surface area contributed by atoms with Crippen LogP contribution in [0.1, 0.15) is 0 Å². The summed E-state index contributed by atoms with van der Waals surface area (Å²) in [5, 5.41) is 39.8. The topological polar surface area (TPSA) is 147 Å². The highest BCUT2D eigenvalue weighted by Gasteiger charge is 2.24. The molecule has 0 unspecified atom stereocenters. The number of non-ortho nitro benzene ring substituents is 2. The van der Waals surface area contributed by atoms with Crippen molar-refractivity contribution < 1.29 is 15.0 Å². The van der Waals surface area contributed by atoms with Gasteiger partial charge >= 0.3 is 0 Å². The van der Waals surface area contributed by atoms with Gasteiger partial charge in [-0.2, -0.15) is 5.11 Å². The van der Waals surface area contributed by atoms with E-state index in [9.17, 15) is 25.3 Å². The summed E-state index contributed by atoms with van der Waals surface area (Å²) in [5.74, 6) is -0.465. The number of benzene rings is 2. The van der Waals surface area contributed by atoms with Crippen molar-refractivity contribution in [2.24, 2.45) is 10.2 Å². The van der Waals surface area contributed by atoms with Crippen molar-refractivity contribution in [1.29, 1.82) is 0 Å². The van der Waals surface area contributed by atoms with Crippen LogP contribution in [0.3, 0.4) is 0 Å². The number of rotatable bonds is 4. The van der Waals surface area contributed by atoms with E-state index in [4.69, 9.17) is 0 Å². The molecule has 10 nitrogen and oxygen atoms in total. The largest absolute Gasteiger partial charge is 0.493 e. The molecule has 0 saturated carbocycles. The Morgan fingerprint density at radius 3 is 2.33 bits per heavy atom. The fourth-order valence-corrected chi connectivity index (χ4v) is 2.19. The molecule has 0 radical (unpaired) electrons. The monoisotopic (exact) mass is 327 g/mol. The van der Waals surface area contributed by atoms with Gasteiger partial charge in [0.05, 0.1) is 21.6 Å². The lowest BCUT2D eigenvalue weighted by atomic mass is 10.2. The number of fused-ring (bicyclic) bond motifs is 1. The van der Waals surface area contributed by atoms with Crippen molar-refractivity contribution in [3.63, 3.8) is 0 Å². The van der Waals surface area contributed by atoms with E-state index >= 15 is 0 Å². The van der Waals surface area contributed by atoms with Gasteiger partial charge in [-0.3, -0.25) is 20.2 Å². The normalized spacial score (nSPS) is 11.2. The first-order chi connectivity index (χ1) is 11.5. The average Bonchev–Trinajstić information content (AvgIpc) is 2.88. The number of nitrogens with zero attached hydrogens (tertiary/aromatic N) is 4. The molecule has 0 saturated heterocycles. The summed E-state index contributed by atoms with van der Waals surface area (Å²) >= 11 is 0. The maximum Gasteiger partial charge on any atom is 0.300 e. The Morgan fingerprint density at radius 1 is 1.00 bits per heavy atom. The molecule has 24 heavy (non-hydrogen) atoms. The minimum atomic E-state index is -0.774. The van der Waals surface area contributed by atoms with Crippen LogP contribution in [0.15, 0.2) is 52.7 Å². The molecule has 3 aromatic rings.